The molecule has 2 rings (SSSR count). The summed E-state index contributed by atoms with van der Waals surface area (Å²) in [6, 6.07) is 0. The lowest BCUT2D eigenvalue weighted by molar-refractivity contribution is -0.0282. The van der Waals surface area contributed by atoms with Crippen molar-refractivity contribution in [3.63, 3.8) is 0 Å². The van der Waals surface area contributed by atoms with E-state index in [1.165, 1.54) is 6.33 Å². The Balaban J connectivity index is 2.37. The van der Waals surface area contributed by atoms with E-state index in [0.717, 1.165) is 0 Å². The predicted octanol–water partition coefficient (Wildman–Crippen LogP) is 1.66. The van der Waals surface area contributed by atoms with Crippen molar-refractivity contribution in [2.45, 2.75) is 13.2 Å². The molecule has 0 radical (unpaired) electrons. The monoisotopic (exact) mass is 256 g/mol. The maximum absolute atomic E-state index is 5.92. The molecule has 2 aromatic heterocycles. The molecule has 0 amide bonds. The molecule has 2 heterocycles. The van der Waals surface area contributed by atoms with E-state index in [-0.39, 0.29) is 6.23 Å². The van der Waals surface area contributed by atoms with Gasteiger partial charge >= 0.3 is 0 Å². The van der Waals surface area contributed by atoms with Crippen molar-refractivity contribution in [3.8, 4) is 0 Å². The summed E-state index contributed by atoms with van der Waals surface area (Å²) in [7, 11) is 1.61. The minimum absolute atomic E-state index is 0.272. The predicted molar refractivity (Wildman–Crippen MR) is 62.9 cm³/mol. The molecule has 7 heteroatoms. The van der Waals surface area contributed by atoms with Crippen LogP contribution in [0.3, 0.4) is 0 Å². The summed E-state index contributed by atoms with van der Waals surface area (Å²) in [5, 5.41) is 0.333. The fraction of sp³-hybridized carbons (Fsp3) is 0.500. The van der Waals surface area contributed by atoms with E-state index in [0.29, 0.717) is 29.5 Å². The van der Waals surface area contributed by atoms with E-state index in [9.17, 15) is 0 Å². The van der Waals surface area contributed by atoms with Crippen molar-refractivity contribution in [1.29, 1.82) is 0 Å². The van der Waals surface area contributed by atoms with Crippen LogP contribution < -0.4 is 0 Å². The Labute approximate surface area is 104 Å². The van der Waals surface area contributed by atoms with Crippen LogP contribution in [-0.2, 0) is 9.47 Å². The maximum atomic E-state index is 5.92. The van der Waals surface area contributed by atoms with Crippen molar-refractivity contribution in [3.05, 3.63) is 17.8 Å². The Morgan fingerprint density at radius 1 is 1.41 bits per heavy atom. The van der Waals surface area contributed by atoms with Crippen LogP contribution in [0.1, 0.15) is 13.2 Å². The van der Waals surface area contributed by atoms with Crippen LogP contribution in [0.15, 0.2) is 12.7 Å². The van der Waals surface area contributed by atoms with Gasteiger partial charge in [0.2, 0.25) is 0 Å². The number of rotatable bonds is 5. The normalized spacial score (nSPS) is 13.1. The van der Waals surface area contributed by atoms with Crippen LogP contribution >= 0.6 is 11.6 Å². The smallest absolute Gasteiger partial charge is 0.166 e. The van der Waals surface area contributed by atoms with Crippen LogP contribution in [0.25, 0.3) is 11.2 Å². The number of hydrogen-bond donors (Lipinski definition) is 0. The maximum Gasteiger partial charge on any atom is 0.166 e. The molecule has 0 spiro atoms. The second kappa shape index (κ2) is 5.39. The van der Waals surface area contributed by atoms with Crippen LogP contribution in [-0.4, -0.2) is 39.8 Å². The first kappa shape index (κ1) is 12.2. The number of ether oxygens (including phenoxy) is 2. The molecule has 0 aromatic carbocycles. The zero-order valence-corrected chi connectivity index (χ0v) is 10.4. The molecule has 92 valence electrons. The Morgan fingerprint density at radius 2 is 2.24 bits per heavy atom. The minimum Gasteiger partial charge on any atom is -0.377 e. The molecule has 2 aromatic rings. The van der Waals surface area contributed by atoms with E-state index in [1.807, 2.05) is 6.92 Å². The van der Waals surface area contributed by atoms with E-state index < -0.39 is 0 Å². The third kappa shape index (κ3) is 2.38. The molecule has 1 unspecified atom stereocenters. The van der Waals surface area contributed by atoms with Crippen LogP contribution in [0.4, 0.5) is 0 Å². The van der Waals surface area contributed by atoms with Crippen molar-refractivity contribution >= 4 is 22.8 Å². The molecule has 0 bridgehead atoms. The summed E-state index contributed by atoms with van der Waals surface area (Å²) >= 11 is 5.92. The number of imidazole rings is 1. The van der Waals surface area contributed by atoms with Gasteiger partial charge in [0.25, 0.3) is 0 Å². The van der Waals surface area contributed by atoms with Gasteiger partial charge in [-0.2, -0.15) is 0 Å². The summed E-state index contributed by atoms with van der Waals surface area (Å²) in [6.07, 6.45) is 2.75. The first-order chi connectivity index (χ1) is 8.27. The van der Waals surface area contributed by atoms with E-state index >= 15 is 0 Å². The molecule has 1 atom stereocenters. The van der Waals surface area contributed by atoms with Crippen LogP contribution in [0, 0.1) is 0 Å². The molecular formula is C10H13ClN4O2. The second-order valence-electron chi connectivity index (χ2n) is 3.34. The fourth-order valence-electron chi connectivity index (χ4n) is 1.51. The van der Waals surface area contributed by atoms with Gasteiger partial charge in [-0.3, -0.25) is 4.57 Å². The van der Waals surface area contributed by atoms with E-state index in [2.05, 4.69) is 15.0 Å². The Bertz CT molecular complexity index is 502. The standard InChI is InChI=1S/C10H13ClN4O2/c1-3-17-4-7(16-2)15-6-14-8-9(11)12-5-13-10(8)15/h5-7H,3-4H2,1-2H3. The Hall–Kier alpha value is -1.24. The van der Waals surface area contributed by atoms with E-state index in [1.54, 1.807) is 18.0 Å². The summed E-state index contributed by atoms with van der Waals surface area (Å²) in [5.74, 6) is 0. The topological polar surface area (TPSA) is 62.1 Å². The largest absolute Gasteiger partial charge is 0.377 e. The molecule has 0 aliphatic carbocycles. The van der Waals surface area contributed by atoms with Crippen LogP contribution in [0.5, 0.6) is 0 Å². The van der Waals surface area contributed by atoms with Crippen molar-refractivity contribution in [1.82, 2.24) is 19.5 Å². The number of methoxy groups -OCH3 is 1. The highest BCUT2D eigenvalue weighted by Gasteiger charge is 2.16. The molecule has 0 fully saturated rings. The summed E-state index contributed by atoms with van der Waals surface area (Å²) in [6.45, 7) is 2.99. The number of nitrogens with zero attached hydrogens (tertiary/aromatic N) is 4. The highest BCUT2D eigenvalue weighted by molar-refractivity contribution is 6.33. The highest BCUT2D eigenvalue weighted by Crippen LogP contribution is 2.20. The van der Waals surface area contributed by atoms with Crippen LogP contribution in [0.2, 0.25) is 5.15 Å². The lowest BCUT2D eigenvalue weighted by atomic mass is 10.5. The number of halogens is 1. The van der Waals surface area contributed by atoms with Gasteiger partial charge in [0.05, 0.1) is 12.9 Å². The lowest BCUT2D eigenvalue weighted by Crippen LogP contribution is -2.17. The van der Waals surface area contributed by atoms with Gasteiger partial charge in [0, 0.05) is 13.7 Å². The van der Waals surface area contributed by atoms with Gasteiger partial charge in [-0.1, -0.05) is 11.6 Å². The van der Waals surface area contributed by atoms with Gasteiger partial charge in [-0.25, -0.2) is 15.0 Å². The molecule has 0 N–H and O–H groups in total. The Morgan fingerprint density at radius 3 is 2.94 bits per heavy atom. The van der Waals surface area contributed by atoms with Gasteiger partial charge < -0.3 is 9.47 Å². The van der Waals surface area contributed by atoms with Crippen molar-refractivity contribution in [2.75, 3.05) is 20.3 Å². The highest BCUT2D eigenvalue weighted by atomic mass is 35.5. The van der Waals surface area contributed by atoms with E-state index in [4.69, 9.17) is 21.1 Å². The summed E-state index contributed by atoms with van der Waals surface area (Å²) in [4.78, 5) is 12.2. The average Bonchev–Trinajstić information content (AvgIpc) is 2.76. The molecular weight excluding hydrogens is 244 g/mol. The zero-order chi connectivity index (χ0) is 12.3. The van der Waals surface area contributed by atoms with Gasteiger partial charge in [0.1, 0.15) is 11.8 Å². The third-order valence-electron chi connectivity index (χ3n) is 2.36. The SMILES string of the molecule is CCOCC(OC)n1cnc2c(Cl)ncnc21. The number of fused-ring (bicyclic) bond motifs is 1. The summed E-state index contributed by atoms with van der Waals surface area (Å²) in [5.41, 5.74) is 1.20. The zero-order valence-electron chi connectivity index (χ0n) is 9.63. The fourth-order valence-corrected chi connectivity index (χ4v) is 1.69. The Kier molecular flexibility index (Phi) is 3.88. The molecule has 0 saturated heterocycles. The molecule has 17 heavy (non-hydrogen) atoms. The molecule has 0 aliphatic rings. The summed E-state index contributed by atoms with van der Waals surface area (Å²) < 4.78 is 12.5. The van der Waals surface area contributed by atoms with Gasteiger partial charge in [-0.05, 0) is 6.92 Å². The third-order valence-corrected chi connectivity index (χ3v) is 2.64. The van der Waals surface area contributed by atoms with Crippen molar-refractivity contribution < 1.29 is 9.47 Å². The number of hydrogen-bond acceptors (Lipinski definition) is 5. The quantitative estimate of drug-likeness (QED) is 0.762. The van der Waals surface area contributed by atoms with Crippen molar-refractivity contribution in [2.24, 2.45) is 0 Å². The van der Waals surface area contributed by atoms with Gasteiger partial charge in [0.15, 0.2) is 17.0 Å². The average molecular weight is 257 g/mol. The molecule has 0 aliphatic heterocycles. The molecule has 6 nitrogen and oxygen atoms in total. The second-order valence-corrected chi connectivity index (χ2v) is 3.70. The number of aromatic nitrogens is 4. The van der Waals surface area contributed by atoms with Gasteiger partial charge in [-0.15, -0.1) is 0 Å². The first-order valence-electron chi connectivity index (χ1n) is 5.21. The first-order valence-corrected chi connectivity index (χ1v) is 5.59. The molecule has 0 saturated carbocycles. The minimum atomic E-state index is -0.272. The lowest BCUT2D eigenvalue weighted by Gasteiger charge is -2.16.